The molecule has 0 amide bonds. The van der Waals surface area contributed by atoms with Crippen LogP contribution in [0.5, 0.6) is 0 Å². The Balaban J connectivity index is 1.82. The van der Waals surface area contributed by atoms with Crippen molar-refractivity contribution in [3.8, 4) is 0 Å². The summed E-state index contributed by atoms with van der Waals surface area (Å²) in [5.41, 5.74) is 8.29. The number of hydrogen-bond donors (Lipinski definition) is 2. The van der Waals surface area contributed by atoms with Crippen molar-refractivity contribution in [2.75, 3.05) is 13.1 Å². The van der Waals surface area contributed by atoms with E-state index in [2.05, 4.69) is 14.9 Å². The number of imidazole rings is 1. The molecule has 76 valence electrons. The molecule has 0 aromatic carbocycles. The monoisotopic (exact) mass is 192 g/mol. The lowest BCUT2D eigenvalue weighted by Crippen LogP contribution is -2.35. The third-order valence-corrected chi connectivity index (χ3v) is 3.55. The first kappa shape index (κ1) is 8.44. The largest absolute Gasteiger partial charge is 0.347 e. The zero-order chi connectivity index (χ0) is 9.54. The van der Waals surface area contributed by atoms with E-state index in [-0.39, 0.29) is 0 Å². The van der Waals surface area contributed by atoms with Crippen LogP contribution in [0.15, 0.2) is 6.33 Å². The molecule has 2 aliphatic rings. The van der Waals surface area contributed by atoms with Gasteiger partial charge in [-0.05, 0) is 18.9 Å². The highest BCUT2D eigenvalue weighted by Crippen LogP contribution is 2.30. The maximum absolute atomic E-state index is 5.72. The minimum absolute atomic E-state index is 0.694. The molecule has 0 radical (unpaired) electrons. The van der Waals surface area contributed by atoms with Gasteiger partial charge in [-0.15, -0.1) is 0 Å². The second-order valence-electron chi connectivity index (χ2n) is 4.45. The van der Waals surface area contributed by atoms with Crippen LogP contribution >= 0.6 is 0 Å². The van der Waals surface area contributed by atoms with E-state index in [9.17, 15) is 0 Å². The van der Waals surface area contributed by atoms with Crippen LogP contribution in [-0.4, -0.2) is 34.0 Å². The predicted molar refractivity (Wildman–Crippen MR) is 53.7 cm³/mol. The molecule has 4 heteroatoms. The second kappa shape index (κ2) is 3.07. The van der Waals surface area contributed by atoms with Crippen molar-refractivity contribution in [1.82, 2.24) is 14.9 Å². The van der Waals surface area contributed by atoms with Crippen molar-refractivity contribution in [3.63, 3.8) is 0 Å². The summed E-state index contributed by atoms with van der Waals surface area (Å²) in [5, 5.41) is 0. The Labute approximate surface area is 83.5 Å². The number of aromatic nitrogens is 2. The summed E-state index contributed by atoms with van der Waals surface area (Å²) in [6, 6.07) is 0.694. The molecule has 14 heavy (non-hydrogen) atoms. The highest BCUT2D eigenvalue weighted by molar-refractivity contribution is 5.17. The fourth-order valence-electron chi connectivity index (χ4n) is 2.75. The Kier molecular flexibility index (Phi) is 1.85. The molecular weight excluding hydrogens is 176 g/mol. The van der Waals surface area contributed by atoms with Crippen molar-refractivity contribution >= 4 is 0 Å². The van der Waals surface area contributed by atoms with Crippen LogP contribution in [-0.2, 0) is 13.0 Å². The van der Waals surface area contributed by atoms with Gasteiger partial charge < -0.3 is 10.7 Å². The SMILES string of the molecule is NC[C@@H]1C[C@@H]2Cc3nc[nH]c3CN2C1. The Hall–Kier alpha value is -0.870. The number of aromatic amines is 1. The summed E-state index contributed by atoms with van der Waals surface area (Å²) in [4.78, 5) is 10.1. The fraction of sp³-hybridized carbons (Fsp3) is 0.700. The Bertz CT molecular complexity index is 304. The molecule has 2 aliphatic heterocycles. The summed E-state index contributed by atoms with van der Waals surface area (Å²) < 4.78 is 0. The first-order valence-electron chi connectivity index (χ1n) is 5.32. The van der Waals surface area contributed by atoms with Crippen molar-refractivity contribution in [1.29, 1.82) is 0 Å². The lowest BCUT2D eigenvalue weighted by atomic mass is 10.0. The highest BCUT2D eigenvalue weighted by Gasteiger charge is 2.35. The normalized spacial score (nSPS) is 31.5. The molecule has 3 heterocycles. The summed E-state index contributed by atoms with van der Waals surface area (Å²) in [7, 11) is 0. The van der Waals surface area contributed by atoms with Gasteiger partial charge in [0.15, 0.2) is 0 Å². The Morgan fingerprint density at radius 2 is 2.57 bits per heavy atom. The number of nitrogens with one attached hydrogen (secondary N) is 1. The molecule has 0 bridgehead atoms. The van der Waals surface area contributed by atoms with E-state index in [1.165, 1.54) is 24.4 Å². The highest BCUT2D eigenvalue weighted by atomic mass is 15.2. The Morgan fingerprint density at radius 1 is 1.64 bits per heavy atom. The van der Waals surface area contributed by atoms with Gasteiger partial charge in [-0.3, -0.25) is 4.90 Å². The molecule has 2 atom stereocenters. The third-order valence-electron chi connectivity index (χ3n) is 3.55. The zero-order valence-corrected chi connectivity index (χ0v) is 8.24. The van der Waals surface area contributed by atoms with Crippen LogP contribution in [0.25, 0.3) is 0 Å². The van der Waals surface area contributed by atoms with E-state index in [0.29, 0.717) is 12.0 Å². The summed E-state index contributed by atoms with van der Waals surface area (Å²) in [6.07, 6.45) is 4.17. The van der Waals surface area contributed by atoms with Gasteiger partial charge in [0.05, 0.1) is 17.7 Å². The first-order valence-corrected chi connectivity index (χ1v) is 5.32. The number of fused-ring (bicyclic) bond motifs is 2. The number of nitrogens with two attached hydrogens (primary N) is 1. The first-order chi connectivity index (χ1) is 6.86. The minimum Gasteiger partial charge on any atom is -0.347 e. The lowest BCUT2D eigenvalue weighted by molar-refractivity contribution is 0.221. The maximum atomic E-state index is 5.72. The lowest BCUT2D eigenvalue weighted by Gasteiger charge is -2.28. The van der Waals surface area contributed by atoms with Gasteiger partial charge in [-0.25, -0.2) is 4.98 Å². The molecule has 0 saturated carbocycles. The average Bonchev–Trinajstić information content (AvgIpc) is 2.77. The summed E-state index contributed by atoms with van der Waals surface area (Å²) >= 11 is 0. The van der Waals surface area contributed by atoms with E-state index in [4.69, 9.17) is 5.73 Å². The predicted octanol–water partition coefficient (Wildman–Crippen LogP) is 0.115. The van der Waals surface area contributed by atoms with E-state index in [0.717, 1.165) is 19.5 Å². The molecule has 1 fully saturated rings. The van der Waals surface area contributed by atoms with E-state index in [1.54, 1.807) is 0 Å². The van der Waals surface area contributed by atoms with Crippen LogP contribution in [0.4, 0.5) is 0 Å². The number of hydrogen-bond acceptors (Lipinski definition) is 3. The smallest absolute Gasteiger partial charge is 0.0925 e. The molecule has 1 aromatic heterocycles. The summed E-state index contributed by atoms with van der Waals surface area (Å²) in [6.45, 7) is 3.03. The van der Waals surface area contributed by atoms with Crippen LogP contribution in [0.1, 0.15) is 17.8 Å². The van der Waals surface area contributed by atoms with Gasteiger partial charge in [0.1, 0.15) is 0 Å². The van der Waals surface area contributed by atoms with Crippen molar-refractivity contribution in [3.05, 3.63) is 17.7 Å². The summed E-state index contributed by atoms with van der Waals surface area (Å²) in [5.74, 6) is 0.698. The maximum Gasteiger partial charge on any atom is 0.0925 e. The minimum atomic E-state index is 0.694. The van der Waals surface area contributed by atoms with Crippen LogP contribution in [0, 0.1) is 5.92 Å². The molecule has 1 aromatic rings. The topological polar surface area (TPSA) is 57.9 Å². The van der Waals surface area contributed by atoms with E-state index in [1.807, 2.05) is 6.33 Å². The van der Waals surface area contributed by atoms with Crippen LogP contribution in [0.2, 0.25) is 0 Å². The third kappa shape index (κ3) is 1.18. The van der Waals surface area contributed by atoms with Gasteiger partial charge in [0.25, 0.3) is 0 Å². The van der Waals surface area contributed by atoms with Gasteiger partial charge in [0, 0.05) is 25.6 Å². The van der Waals surface area contributed by atoms with Crippen LogP contribution < -0.4 is 5.73 Å². The number of rotatable bonds is 1. The van der Waals surface area contributed by atoms with Gasteiger partial charge in [-0.2, -0.15) is 0 Å². The molecule has 0 unspecified atom stereocenters. The molecule has 1 saturated heterocycles. The zero-order valence-electron chi connectivity index (χ0n) is 8.24. The van der Waals surface area contributed by atoms with E-state index >= 15 is 0 Å². The van der Waals surface area contributed by atoms with Crippen molar-refractivity contribution in [2.45, 2.75) is 25.4 Å². The molecule has 4 nitrogen and oxygen atoms in total. The standard InChI is InChI=1S/C10H16N4/c11-3-7-1-8-2-9-10(13-6-12-9)5-14(8)4-7/h6-8H,1-5,11H2,(H,12,13)/t7-,8+/m0/s1. The average molecular weight is 192 g/mol. The molecule has 0 aliphatic carbocycles. The van der Waals surface area contributed by atoms with Gasteiger partial charge in [0.2, 0.25) is 0 Å². The molecule has 3 rings (SSSR count). The molecule has 0 spiro atoms. The Morgan fingerprint density at radius 3 is 3.43 bits per heavy atom. The van der Waals surface area contributed by atoms with Crippen molar-refractivity contribution in [2.24, 2.45) is 11.7 Å². The molecule has 3 N–H and O–H groups in total. The quantitative estimate of drug-likeness (QED) is 0.664. The number of H-pyrrole nitrogens is 1. The van der Waals surface area contributed by atoms with Gasteiger partial charge in [-0.1, -0.05) is 0 Å². The van der Waals surface area contributed by atoms with E-state index < -0.39 is 0 Å². The fourth-order valence-corrected chi connectivity index (χ4v) is 2.75. The van der Waals surface area contributed by atoms with Gasteiger partial charge >= 0.3 is 0 Å². The molecular formula is C10H16N4. The second-order valence-corrected chi connectivity index (χ2v) is 4.45. The number of nitrogens with zero attached hydrogens (tertiary/aromatic N) is 2. The van der Waals surface area contributed by atoms with Crippen LogP contribution in [0.3, 0.4) is 0 Å². The van der Waals surface area contributed by atoms with Crippen molar-refractivity contribution < 1.29 is 0 Å².